The van der Waals surface area contributed by atoms with Crippen LogP contribution in [0.15, 0.2) is 54.6 Å². The fourth-order valence-electron chi connectivity index (χ4n) is 4.32. The number of hydrogen-bond acceptors (Lipinski definition) is 5. The zero-order chi connectivity index (χ0) is 27.2. The number of alkyl halides is 3. The van der Waals surface area contributed by atoms with E-state index in [1.165, 1.54) is 22.5 Å². The van der Waals surface area contributed by atoms with Crippen molar-refractivity contribution < 1.29 is 27.8 Å². The first kappa shape index (κ1) is 28.2. The molecule has 0 amide bonds. The summed E-state index contributed by atoms with van der Waals surface area (Å²) in [5.74, 6) is -2.76. The van der Waals surface area contributed by atoms with Crippen molar-refractivity contribution >= 4 is 11.7 Å². The third kappa shape index (κ3) is 7.56. The molecule has 0 bridgehead atoms. The highest BCUT2D eigenvalue weighted by Crippen LogP contribution is 2.22. The monoisotopic (exact) mass is 518 g/mol. The van der Waals surface area contributed by atoms with E-state index in [4.69, 9.17) is 19.7 Å². The van der Waals surface area contributed by atoms with Gasteiger partial charge in [0.25, 0.3) is 0 Å². The van der Waals surface area contributed by atoms with E-state index >= 15 is 0 Å². The van der Waals surface area contributed by atoms with Gasteiger partial charge in [0, 0.05) is 43.1 Å². The van der Waals surface area contributed by atoms with Gasteiger partial charge >= 0.3 is 12.1 Å². The molecule has 0 spiro atoms. The van der Waals surface area contributed by atoms with Gasteiger partial charge in [-0.25, -0.2) is 9.48 Å². The number of halogens is 3. The number of hydrogen-bond donors (Lipinski definition) is 1. The Hall–Kier alpha value is -3.37. The van der Waals surface area contributed by atoms with E-state index in [0.29, 0.717) is 0 Å². The van der Waals surface area contributed by atoms with E-state index in [1.54, 1.807) is 0 Å². The molecular formula is C27H33F3N4O3. The van der Waals surface area contributed by atoms with Crippen LogP contribution in [-0.4, -0.2) is 71.3 Å². The van der Waals surface area contributed by atoms with Crippen LogP contribution in [0.3, 0.4) is 0 Å². The number of aryl methyl sites for hydroxylation is 2. The summed E-state index contributed by atoms with van der Waals surface area (Å²) < 4.78 is 39.9. The van der Waals surface area contributed by atoms with Crippen molar-refractivity contribution in [2.45, 2.75) is 39.6 Å². The first-order valence-corrected chi connectivity index (χ1v) is 12.0. The molecule has 1 aromatic heterocycles. The Morgan fingerprint density at radius 3 is 2.35 bits per heavy atom. The number of carboxylic acid groups (broad SMARTS) is 1. The number of para-hydroxylation sites is 2. The molecule has 1 N–H and O–H groups in total. The van der Waals surface area contributed by atoms with Crippen molar-refractivity contribution in [3.05, 3.63) is 77.1 Å². The number of carbonyl (C=O) groups is 1. The van der Waals surface area contributed by atoms with Gasteiger partial charge in [-0.1, -0.05) is 36.4 Å². The lowest BCUT2D eigenvalue weighted by atomic mass is 10.1. The number of benzene rings is 2. The van der Waals surface area contributed by atoms with Gasteiger partial charge in [-0.3, -0.25) is 4.90 Å². The predicted octanol–water partition coefficient (Wildman–Crippen LogP) is 4.77. The highest BCUT2D eigenvalue weighted by atomic mass is 19.4. The fourth-order valence-corrected chi connectivity index (χ4v) is 4.32. The topological polar surface area (TPSA) is 70.8 Å². The number of nitrogens with zero attached hydrogens (tertiary/aromatic N) is 4. The molecule has 0 saturated carbocycles. The summed E-state index contributed by atoms with van der Waals surface area (Å²) in [5, 5.41) is 12.0. The van der Waals surface area contributed by atoms with Gasteiger partial charge in [0.05, 0.1) is 24.1 Å². The average molecular weight is 519 g/mol. The molecule has 1 aliphatic heterocycles. The van der Waals surface area contributed by atoms with Crippen molar-refractivity contribution in [1.29, 1.82) is 0 Å². The number of anilines is 1. The number of carboxylic acids is 1. The summed E-state index contributed by atoms with van der Waals surface area (Å²) in [6, 6.07) is 19.0. The molecule has 2 aromatic carbocycles. The Bertz CT molecular complexity index is 1180. The van der Waals surface area contributed by atoms with E-state index in [9.17, 15) is 13.2 Å². The van der Waals surface area contributed by atoms with E-state index < -0.39 is 12.1 Å². The molecule has 1 unspecified atom stereocenters. The molecule has 1 saturated heterocycles. The zero-order valence-electron chi connectivity index (χ0n) is 21.5. The summed E-state index contributed by atoms with van der Waals surface area (Å²) in [4.78, 5) is 13.7. The smallest absolute Gasteiger partial charge is 0.475 e. The number of rotatable bonds is 6. The second-order valence-electron chi connectivity index (χ2n) is 9.12. The standard InChI is InChI=1S/C25H32N4O.C2HF3O2/c1-19-10-8-9-13-25(19)29-21(3)24(20(2)26-29)18-27(4)16-23-17-28(14-15-30-23)22-11-6-5-7-12-22;3-2(4,5)1(6)7/h5-13,23H,14-18H2,1-4H3;(H,6,7). The summed E-state index contributed by atoms with van der Waals surface area (Å²) in [5.41, 5.74) is 7.28. The molecule has 200 valence electrons. The minimum Gasteiger partial charge on any atom is -0.475 e. The summed E-state index contributed by atoms with van der Waals surface area (Å²) in [6.45, 7) is 10.8. The average Bonchev–Trinajstić information content (AvgIpc) is 3.13. The van der Waals surface area contributed by atoms with E-state index in [2.05, 4.69) is 96.9 Å². The van der Waals surface area contributed by atoms with Crippen LogP contribution < -0.4 is 4.90 Å². The van der Waals surface area contributed by atoms with E-state index in [1.807, 2.05) is 0 Å². The van der Waals surface area contributed by atoms with Gasteiger partial charge in [-0.15, -0.1) is 0 Å². The van der Waals surface area contributed by atoms with E-state index in [0.717, 1.165) is 44.2 Å². The zero-order valence-corrected chi connectivity index (χ0v) is 21.5. The number of ether oxygens (including phenoxy) is 1. The predicted molar refractivity (Wildman–Crippen MR) is 136 cm³/mol. The number of aliphatic carboxylic acids is 1. The first-order valence-electron chi connectivity index (χ1n) is 12.0. The molecule has 0 aliphatic carbocycles. The second kappa shape index (κ2) is 12.2. The van der Waals surface area contributed by atoms with Crippen molar-refractivity contribution in [3.8, 4) is 5.69 Å². The fraction of sp³-hybridized carbons (Fsp3) is 0.407. The Morgan fingerprint density at radius 2 is 1.73 bits per heavy atom. The minimum absolute atomic E-state index is 0.205. The quantitative estimate of drug-likeness (QED) is 0.507. The lowest BCUT2D eigenvalue weighted by Gasteiger charge is -2.36. The highest BCUT2D eigenvalue weighted by Gasteiger charge is 2.38. The van der Waals surface area contributed by atoms with Gasteiger partial charge in [-0.05, 0) is 51.6 Å². The molecule has 0 radical (unpaired) electrons. The van der Waals surface area contributed by atoms with Gasteiger partial charge in [0.1, 0.15) is 0 Å². The Labute approximate surface area is 215 Å². The molecule has 1 fully saturated rings. The molecular weight excluding hydrogens is 485 g/mol. The van der Waals surface area contributed by atoms with Crippen molar-refractivity contribution in [3.63, 3.8) is 0 Å². The van der Waals surface area contributed by atoms with Crippen LogP contribution in [0.5, 0.6) is 0 Å². The highest BCUT2D eigenvalue weighted by molar-refractivity contribution is 5.73. The maximum atomic E-state index is 10.6. The van der Waals surface area contributed by atoms with Crippen LogP contribution in [0.2, 0.25) is 0 Å². The first-order chi connectivity index (χ1) is 17.5. The van der Waals surface area contributed by atoms with Crippen LogP contribution in [-0.2, 0) is 16.1 Å². The Morgan fingerprint density at radius 1 is 1.11 bits per heavy atom. The van der Waals surface area contributed by atoms with Crippen molar-refractivity contribution in [1.82, 2.24) is 14.7 Å². The van der Waals surface area contributed by atoms with Crippen LogP contribution in [0.25, 0.3) is 5.69 Å². The number of morpholine rings is 1. The van der Waals surface area contributed by atoms with Crippen LogP contribution in [0.4, 0.5) is 18.9 Å². The molecule has 4 rings (SSSR count). The molecule has 1 atom stereocenters. The molecule has 3 aromatic rings. The molecule has 2 heterocycles. The largest absolute Gasteiger partial charge is 0.490 e. The van der Waals surface area contributed by atoms with Crippen LogP contribution in [0, 0.1) is 20.8 Å². The lowest BCUT2D eigenvalue weighted by molar-refractivity contribution is -0.192. The van der Waals surface area contributed by atoms with Crippen molar-refractivity contribution in [2.24, 2.45) is 0 Å². The van der Waals surface area contributed by atoms with Crippen molar-refractivity contribution in [2.75, 3.05) is 38.2 Å². The normalized spacial score (nSPS) is 15.9. The summed E-state index contributed by atoms with van der Waals surface area (Å²) in [6.07, 6.45) is -4.88. The summed E-state index contributed by atoms with van der Waals surface area (Å²) in [7, 11) is 2.18. The third-order valence-corrected chi connectivity index (χ3v) is 6.23. The van der Waals surface area contributed by atoms with Crippen LogP contribution in [0.1, 0.15) is 22.5 Å². The lowest BCUT2D eigenvalue weighted by Crippen LogP contribution is -2.47. The summed E-state index contributed by atoms with van der Waals surface area (Å²) >= 11 is 0. The maximum absolute atomic E-state index is 10.6. The van der Waals surface area contributed by atoms with Gasteiger partial charge in [0.15, 0.2) is 0 Å². The van der Waals surface area contributed by atoms with Gasteiger partial charge in [-0.2, -0.15) is 18.3 Å². The third-order valence-electron chi connectivity index (χ3n) is 6.23. The second-order valence-corrected chi connectivity index (χ2v) is 9.12. The number of likely N-dealkylation sites (N-methyl/N-ethyl adjacent to an activating group) is 1. The van der Waals surface area contributed by atoms with Gasteiger partial charge < -0.3 is 14.7 Å². The molecule has 7 nitrogen and oxygen atoms in total. The number of aromatic nitrogens is 2. The minimum atomic E-state index is -5.08. The van der Waals surface area contributed by atoms with Crippen LogP contribution >= 0.6 is 0 Å². The SMILES string of the molecule is Cc1ccccc1-n1nc(C)c(CN(C)CC2CN(c3ccccc3)CCO2)c1C.O=C(O)C(F)(F)F. The Balaban J connectivity index is 0.000000479. The molecule has 1 aliphatic rings. The maximum Gasteiger partial charge on any atom is 0.490 e. The Kier molecular flexibility index (Phi) is 9.34. The van der Waals surface area contributed by atoms with Gasteiger partial charge in [0.2, 0.25) is 0 Å². The molecule has 10 heteroatoms. The van der Waals surface area contributed by atoms with E-state index in [-0.39, 0.29) is 6.10 Å². The molecule has 37 heavy (non-hydrogen) atoms.